The standard InChI is InChI=1S/C23H36N4O5/c1-22(2,3)31-20(29)25-12-8-10-18(28)17-9-7-11-24-19(17)26-13-15-27(16-14-26)21(30)32-23(4,5)6/h7,9,11H,8,10,12-16H2,1-6H3,(H,25,29). The zero-order chi connectivity index (χ0) is 23.9. The zero-order valence-electron chi connectivity index (χ0n) is 20.1. The first-order chi connectivity index (χ1) is 14.9. The van der Waals surface area contributed by atoms with Gasteiger partial charge in [0.25, 0.3) is 0 Å². The van der Waals surface area contributed by atoms with Gasteiger partial charge in [0.05, 0.1) is 5.56 Å². The molecule has 0 atom stereocenters. The normalized spacial score (nSPS) is 14.7. The molecule has 2 heterocycles. The van der Waals surface area contributed by atoms with E-state index in [1.54, 1.807) is 44.0 Å². The summed E-state index contributed by atoms with van der Waals surface area (Å²) in [6, 6.07) is 3.51. The van der Waals surface area contributed by atoms with Gasteiger partial charge in [0.15, 0.2) is 5.78 Å². The highest BCUT2D eigenvalue weighted by Crippen LogP contribution is 2.22. The fourth-order valence-electron chi connectivity index (χ4n) is 3.18. The highest BCUT2D eigenvalue weighted by atomic mass is 16.6. The molecule has 1 aromatic heterocycles. The minimum absolute atomic E-state index is 0.0336. The van der Waals surface area contributed by atoms with E-state index in [0.29, 0.717) is 50.5 Å². The summed E-state index contributed by atoms with van der Waals surface area (Å²) in [5.41, 5.74) is -0.541. The average Bonchev–Trinajstić information content (AvgIpc) is 2.68. The molecule has 0 bridgehead atoms. The maximum Gasteiger partial charge on any atom is 0.410 e. The van der Waals surface area contributed by atoms with Crippen molar-refractivity contribution in [2.24, 2.45) is 0 Å². The number of nitrogens with one attached hydrogen (secondary N) is 1. The Labute approximate surface area is 190 Å². The minimum Gasteiger partial charge on any atom is -0.444 e. The number of hydrogen-bond donors (Lipinski definition) is 1. The Bertz CT molecular complexity index is 805. The number of hydrogen-bond acceptors (Lipinski definition) is 7. The number of aromatic nitrogens is 1. The molecular formula is C23H36N4O5. The van der Waals surface area contributed by atoms with Crippen LogP contribution in [0.25, 0.3) is 0 Å². The van der Waals surface area contributed by atoms with Gasteiger partial charge in [0, 0.05) is 45.3 Å². The molecule has 2 rings (SSSR count). The molecule has 0 spiro atoms. The number of ketones is 1. The highest BCUT2D eigenvalue weighted by molar-refractivity contribution is 6.00. The third-order valence-electron chi connectivity index (χ3n) is 4.57. The summed E-state index contributed by atoms with van der Waals surface area (Å²) in [6.45, 7) is 13.4. The summed E-state index contributed by atoms with van der Waals surface area (Å²) in [5, 5.41) is 2.67. The van der Waals surface area contributed by atoms with E-state index in [0.717, 1.165) is 0 Å². The van der Waals surface area contributed by atoms with Crippen molar-refractivity contribution in [3.8, 4) is 0 Å². The van der Waals surface area contributed by atoms with Gasteiger partial charge in [-0.1, -0.05) is 0 Å². The van der Waals surface area contributed by atoms with Gasteiger partial charge in [-0.2, -0.15) is 0 Å². The Kier molecular flexibility index (Phi) is 8.46. The smallest absolute Gasteiger partial charge is 0.410 e. The van der Waals surface area contributed by atoms with E-state index in [9.17, 15) is 14.4 Å². The number of ether oxygens (including phenoxy) is 2. The van der Waals surface area contributed by atoms with Gasteiger partial charge in [-0.25, -0.2) is 14.6 Å². The molecule has 0 unspecified atom stereocenters. The summed E-state index contributed by atoms with van der Waals surface area (Å²) in [4.78, 5) is 44.9. The summed E-state index contributed by atoms with van der Waals surface area (Å²) in [7, 11) is 0. The van der Waals surface area contributed by atoms with E-state index >= 15 is 0 Å². The summed E-state index contributed by atoms with van der Waals surface area (Å²) < 4.78 is 10.6. The van der Waals surface area contributed by atoms with Crippen molar-refractivity contribution in [3.63, 3.8) is 0 Å². The Balaban J connectivity index is 1.88. The molecule has 0 aromatic carbocycles. The zero-order valence-corrected chi connectivity index (χ0v) is 20.1. The van der Waals surface area contributed by atoms with Crippen LogP contribution in [0.15, 0.2) is 18.3 Å². The van der Waals surface area contributed by atoms with Crippen LogP contribution < -0.4 is 10.2 Å². The van der Waals surface area contributed by atoms with E-state index in [1.165, 1.54) is 0 Å². The van der Waals surface area contributed by atoms with Gasteiger partial charge in [0.1, 0.15) is 17.0 Å². The number of pyridine rings is 1. The molecule has 1 fully saturated rings. The fraction of sp³-hybridized carbons (Fsp3) is 0.652. The van der Waals surface area contributed by atoms with Gasteiger partial charge in [0.2, 0.25) is 0 Å². The lowest BCUT2D eigenvalue weighted by Crippen LogP contribution is -2.50. The maximum absolute atomic E-state index is 12.8. The number of amides is 2. The van der Waals surface area contributed by atoms with Crippen molar-refractivity contribution in [2.75, 3.05) is 37.6 Å². The molecule has 0 aliphatic carbocycles. The predicted octanol–water partition coefficient (Wildman–Crippen LogP) is 3.63. The largest absolute Gasteiger partial charge is 0.444 e. The number of anilines is 1. The van der Waals surface area contributed by atoms with Gasteiger partial charge in [-0.05, 0) is 60.1 Å². The van der Waals surface area contributed by atoms with Crippen LogP contribution in [0.5, 0.6) is 0 Å². The molecule has 1 saturated heterocycles. The fourth-order valence-corrected chi connectivity index (χ4v) is 3.18. The van der Waals surface area contributed by atoms with Crippen LogP contribution in [0.2, 0.25) is 0 Å². The predicted molar refractivity (Wildman–Crippen MR) is 122 cm³/mol. The second-order valence-electron chi connectivity index (χ2n) is 9.78. The van der Waals surface area contributed by atoms with Crippen molar-refractivity contribution in [3.05, 3.63) is 23.9 Å². The van der Waals surface area contributed by atoms with Crippen LogP contribution in [0, 0.1) is 0 Å². The molecule has 1 aromatic rings. The Hall–Kier alpha value is -2.84. The van der Waals surface area contributed by atoms with Crippen molar-refractivity contribution in [1.82, 2.24) is 15.2 Å². The van der Waals surface area contributed by atoms with Gasteiger partial charge in [-0.15, -0.1) is 0 Å². The van der Waals surface area contributed by atoms with Crippen LogP contribution in [0.3, 0.4) is 0 Å². The third-order valence-corrected chi connectivity index (χ3v) is 4.57. The number of nitrogens with zero attached hydrogens (tertiary/aromatic N) is 3. The van der Waals surface area contributed by atoms with Crippen LogP contribution in [-0.2, 0) is 9.47 Å². The number of carbonyl (C=O) groups excluding carboxylic acids is 3. The number of Topliss-reactive ketones (excluding diaryl/α,β-unsaturated/α-hetero) is 1. The molecule has 1 aliphatic rings. The molecule has 0 saturated carbocycles. The minimum atomic E-state index is -0.558. The van der Waals surface area contributed by atoms with Gasteiger partial charge >= 0.3 is 12.2 Å². The lowest BCUT2D eigenvalue weighted by atomic mass is 10.1. The molecule has 1 N–H and O–H groups in total. The topological polar surface area (TPSA) is 101 Å². The third kappa shape index (κ3) is 8.36. The SMILES string of the molecule is CC(C)(C)OC(=O)NCCCC(=O)c1cccnc1N1CCN(C(=O)OC(C)(C)C)CC1. The van der Waals surface area contributed by atoms with E-state index in [4.69, 9.17) is 9.47 Å². The number of rotatable bonds is 6. The highest BCUT2D eigenvalue weighted by Gasteiger charge is 2.28. The van der Waals surface area contributed by atoms with Crippen LogP contribution in [-0.4, -0.2) is 71.8 Å². The first-order valence-corrected chi connectivity index (χ1v) is 11.0. The van der Waals surface area contributed by atoms with Gasteiger partial charge < -0.3 is 24.6 Å². The van der Waals surface area contributed by atoms with E-state index in [2.05, 4.69) is 10.3 Å². The summed E-state index contributed by atoms with van der Waals surface area (Å²) >= 11 is 0. The average molecular weight is 449 g/mol. The first kappa shape index (κ1) is 25.4. The Morgan fingerprint density at radius 3 is 2.22 bits per heavy atom. The molecule has 1 aliphatic heterocycles. The molecule has 9 nitrogen and oxygen atoms in total. The van der Waals surface area contributed by atoms with E-state index < -0.39 is 17.3 Å². The van der Waals surface area contributed by atoms with Crippen molar-refractivity contribution in [2.45, 2.75) is 65.6 Å². The second kappa shape index (κ2) is 10.7. The monoisotopic (exact) mass is 448 g/mol. The van der Waals surface area contributed by atoms with Crippen molar-refractivity contribution in [1.29, 1.82) is 0 Å². The van der Waals surface area contributed by atoms with E-state index in [1.807, 2.05) is 25.7 Å². The van der Waals surface area contributed by atoms with Crippen molar-refractivity contribution < 1.29 is 23.9 Å². The Morgan fingerprint density at radius 1 is 1.00 bits per heavy atom. The number of carbonyl (C=O) groups is 3. The van der Waals surface area contributed by atoms with Crippen LogP contribution >= 0.6 is 0 Å². The first-order valence-electron chi connectivity index (χ1n) is 11.0. The molecule has 2 amide bonds. The summed E-state index contributed by atoms with van der Waals surface area (Å²) in [5.74, 6) is 0.593. The lowest BCUT2D eigenvalue weighted by Gasteiger charge is -2.36. The number of alkyl carbamates (subject to hydrolysis) is 1. The quantitative estimate of drug-likeness (QED) is 0.524. The summed E-state index contributed by atoms with van der Waals surface area (Å²) in [6.07, 6.45) is 1.63. The number of piperazine rings is 1. The molecule has 0 radical (unpaired) electrons. The van der Waals surface area contributed by atoms with Crippen LogP contribution in [0.4, 0.5) is 15.4 Å². The Morgan fingerprint density at radius 2 is 1.62 bits per heavy atom. The molecule has 178 valence electrons. The lowest BCUT2D eigenvalue weighted by molar-refractivity contribution is 0.0239. The van der Waals surface area contributed by atoms with Crippen molar-refractivity contribution >= 4 is 23.8 Å². The molecule has 32 heavy (non-hydrogen) atoms. The molecule has 9 heteroatoms. The molecular weight excluding hydrogens is 412 g/mol. The van der Waals surface area contributed by atoms with Gasteiger partial charge in [-0.3, -0.25) is 4.79 Å². The van der Waals surface area contributed by atoms with Crippen LogP contribution in [0.1, 0.15) is 64.7 Å². The maximum atomic E-state index is 12.8. The van der Waals surface area contributed by atoms with E-state index in [-0.39, 0.29) is 18.3 Å². The second-order valence-corrected chi connectivity index (χ2v) is 9.78.